The van der Waals surface area contributed by atoms with Crippen molar-refractivity contribution >= 4 is 11.8 Å². The van der Waals surface area contributed by atoms with Crippen molar-refractivity contribution in [2.45, 2.75) is 32.9 Å². The molecule has 0 bridgehead atoms. The van der Waals surface area contributed by atoms with Crippen LogP contribution in [-0.4, -0.2) is 26.6 Å². The van der Waals surface area contributed by atoms with Gasteiger partial charge in [-0.15, -0.1) is 0 Å². The molecule has 0 saturated heterocycles. The van der Waals surface area contributed by atoms with E-state index in [4.69, 9.17) is 5.11 Å². The average Bonchev–Trinajstić information content (AvgIpc) is 2.24. The molecule has 18 heavy (non-hydrogen) atoms. The molecule has 0 aromatic heterocycles. The van der Waals surface area contributed by atoms with Gasteiger partial charge in [0.15, 0.2) is 0 Å². The molecule has 0 aliphatic heterocycles. The van der Waals surface area contributed by atoms with E-state index >= 15 is 0 Å². The molecule has 0 radical (unpaired) electrons. The van der Waals surface area contributed by atoms with Crippen molar-refractivity contribution in [1.82, 2.24) is 4.90 Å². The molecule has 1 aromatic carbocycles. The van der Waals surface area contributed by atoms with Crippen LogP contribution in [0.3, 0.4) is 0 Å². The van der Waals surface area contributed by atoms with Gasteiger partial charge in [-0.1, -0.05) is 12.1 Å². The zero-order chi connectivity index (χ0) is 13.9. The van der Waals surface area contributed by atoms with Gasteiger partial charge in [-0.05, 0) is 26.3 Å². The van der Waals surface area contributed by atoms with Crippen molar-refractivity contribution < 1.29 is 14.8 Å². The third kappa shape index (κ3) is 3.44. The van der Waals surface area contributed by atoms with Crippen LogP contribution in [0.5, 0.6) is 0 Å². The van der Waals surface area contributed by atoms with Gasteiger partial charge in [-0.3, -0.25) is 15.0 Å². The Morgan fingerprint density at radius 2 is 2.06 bits per heavy atom. The minimum atomic E-state index is -1.05. The maximum absolute atomic E-state index is 11.2. The number of benzene rings is 1. The first-order chi connectivity index (χ1) is 8.21. The van der Waals surface area contributed by atoms with Crippen LogP contribution in [0.4, 0.5) is 10.5 Å². The van der Waals surface area contributed by atoms with Crippen LogP contribution in [0.2, 0.25) is 0 Å². The fourth-order valence-corrected chi connectivity index (χ4v) is 1.54. The van der Waals surface area contributed by atoms with Gasteiger partial charge in [-0.2, -0.15) is 0 Å². The maximum atomic E-state index is 11.2. The average molecular weight is 252 g/mol. The molecule has 0 saturated carbocycles. The number of rotatable bonds is 3. The first kappa shape index (κ1) is 14.0. The van der Waals surface area contributed by atoms with Gasteiger partial charge in [-0.25, -0.2) is 4.79 Å². The number of nitro groups is 1. The summed E-state index contributed by atoms with van der Waals surface area (Å²) < 4.78 is 0. The number of non-ortho nitro benzene ring substituents is 1. The van der Waals surface area contributed by atoms with Crippen molar-refractivity contribution in [2.24, 2.45) is 0 Å². The Labute approximate surface area is 105 Å². The number of amides is 1. The fraction of sp³-hybridized carbons (Fsp3) is 0.417. The normalized spacial score (nSPS) is 11.1. The van der Waals surface area contributed by atoms with Gasteiger partial charge in [0.25, 0.3) is 5.69 Å². The highest BCUT2D eigenvalue weighted by atomic mass is 16.6. The Morgan fingerprint density at radius 1 is 1.44 bits per heavy atom. The summed E-state index contributed by atoms with van der Waals surface area (Å²) in [6.45, 7) is 5.45. The molecular formula is C12H16N2O4. The molecule has 0 unspecified atom stereocenters. The molecule has 0 aliphatic carbocycles. The number of hydrogen-bond acceptors (Lipinski definition) is 3. The molecule has 6 heteroatoms. The van der Waals surface area contributed by atoms with Gasteiger partial charge in [0.05, 0.1) is 4.92 Å². The quantitative estimate of drug-likeness (QED) is 0.662. The largest absolute Gasteiger partial charge is 0.465 e. The number of carbonyl (C=O) groups is 1. The second-order valence-electron chi connectivity index (χ2n) is 4.97. The molecule has 0 atom stereocenters. The van der Waals surface area contributed by atoms with E-state index in [-0.39, 0.29) is 12.2 Å². The van der Waals surface area contributed by atoms with E-state index in [1.807, 2.05) is 0 Å². The number of hydrogen-bond donors (Lipinski definition) is 1. The van der Waals surface area contributed by atoms with E-state index < -0.39 is 16.6 Å². The molecule has 1 amide bonds. The summed E-state index contributed by atoms with van der Waals surface area (Å²) in [5.74, 6) is 0. The second-order valence-corrected chi connectivity index (χ2v) is 4.97. The summed E-state index contributed by atoms with van der Waals surface area (Å²) in [5, 5.41) is 19.8. The van der Waals surface area contributed by atoms with Crippen molar-refractivity contribution in [3.8, 4) is 0 Å². The van der Waals surface area contributed by atoms with Crippen molar-refractivity contribution in [3.05, 3.63) is 39.9 Å². The van der Waals surface area contributed by atoms with E-state index in [1.165, 1.54) is 17.0 Å². The minimum absolute atomic E-state index is 0.0354. The first-order valence-corrected chi connectivity index (χ1v) is 5.45. The number of nitrogens with zero attached hydrogens (tertiary/aromatic N) is 2. The first-order valence-electron chi connectivity index (χ1n) is 5.45. The highest BCUT2D eigenvalue weighted by Gasteiger charge is 2.26. The van der Waals surface area contributed by atoms with Crippen LogP contribution in [-0.2, 0) is 6.54 Å². The zero-order valence-corrected chi connectivity index (χ0v) is 10.6. The van der Waals surface area contributed by atoms with Crippen LogP contribution in [0.15, 0.2) is 24.3 Å². The van der Waals surface area contributed by atoms with Gasteiger partial charge < -0.3 is 5.11 Å². The minimum Gasteiger partial charge on any atom is -0.465 e. The summed E-state index contributed by atoms with van der Waals surface area (Å²) in [6, 6.07) is 6.00. The predicted octanol–water partition coefficient (Wildman–Crippen LogP) is 2.87. The van der Waals surface area contributed by atoms with Gasteiger partial charge in [0.1, 0.15) is 0 Å². The topological polar surface area (TPSA) is 83.7 Å². The Hall–Kier alpha value is -2.11. The van der Waals surface area contributed by atoms with Crippen LogP contribution in [0.1, 0.15) is 26.3 Å². The maximum Gasteiger partial charge on any atom is 0.408 e. The summed E-state index contributed by atoms with van der Waals surface area (Å²) in [7, 11) is 0. The molecule has 1 rings (SSSR count). The third-order valence-corrected chi connectivity index (χ3v) is 2.50. The molecule has 1 N–H and O–H groups in total. The second kappa shape index (κ2) is 5.03. The molecule has 1 aromatic rings. The lowest BCUT2D eigenvalue weighted by molar-refractivity contribution is -0.384. The molecule has 0 heterocycles. The lowest BCUT2D eigenvalue weighted by Gasteiger charge is -2.33. The predicted molar refractivity (Wildman–Crippen MR) is 66.4 cm³/mol. The highest BCUT2D eigenvalue weighted by Crippen LogP contribution is 2.20. The Morgan fingerprint density at radius 3 is 2.50 bits per heavy atom. The number of nitro benzene ring substituents is 1. The smallest absolute Gasteiger partial charge is 0.408 e. The van der Waals surface area contributed by atoms with E-state index in [9.17, 15) is 14.9 Å². The molecule has 98 valence electrons. The van der Waals surface area contributed by atoms with E-state index in [1.54, 1.807) is 32.9 Å². The van der Waals surface area contributed by atoms with Crippen LogP contribution in [0, 0.1) is 10.1 Å². The van der Waals surface area contributed by atoms with E-state index in [0.29, 0.717) is 5.56 Å². The van der Waals surface area contributed by atoms with Crippen LogP contribution in [0.25, 0.3) is 0 Å². The summed E-state index contributed by atoms with van der Waals surface area (Å²) in [4.78, 5) is 22.6. The summed E-state index contributed by atoms with van der Waals surface area (Å²) in [5.41, 5.74) is 0.00414. The van der Waals surface area contributed by atoms with Gasteiger partial charge in [0.2, 0.25) is 0 Å². The standard InChI is InChI=1S/C12H16N2O4/c1-12(2,3)13(11(15)16)8-9-5-4-6-10(7-9)14(17)18/h4-7H,8H2,1-3H3,(H,15,16). The molecule has 0 spiro atoms. The van der Waals surface area contributed by atoms with Crippen molar-refractivity contribution in [3.63, 3.8) is 0 Å². The molecule has 0 fully saturated rings. The lowest BCUT2D eigenvalue weighted by atomic mass is 10.1. The Bertz CT molecular complexity index is 465. The Balaban J connectivity index is 2.98. The van der Waals surface area contributed by atoms with Crippen molar-refractivity contribution in [2.75, 3.05) is 0 Å². The molecule has 0 aliphatic rings. The molecule has 6 nitrogen and oxygen atoms in total. The zero-order valence-electron chi connectivity index (χ0n) is 10.6. The Kier molecular flexibility index (Phi) is 3.90. The van der Waals surface area contributed by atoms with Crippen LogP contribution < -0.4 is 0 Å². The van der Waals surface area contributed by atoms with E-state index in [0.717, 1.165) is 0 Å². The summed E-state index contributed by atoms with van der Waals surface area (Å²) in [6.07, 6.45) is -1.05. The van der Waals surface area contributed by atoms with Crippen LogP contribution >= 0.6 is 0 Å². The highest BCUT2D eigenvalue weighted by molar-refractivity contribution is 5.66. The van der Waals surface area contributed by atoms with Crippen molar-refractivity contribution in [1.29, 1.82) is 0 Å². The monoisotopic (exact) mass is 252 g/mol. The number of carboxylic acid groups (broad SMARTS) is 1. The lowest BCUT2D eigenvalue weighted by Crippen LogP contribution is -2.44. The third-order valence-electron chi connectivity index (χ3n) is 2.50. The summed E-state index contributed by atoms with van der Waals surface area (Å²) >= 11 is 0. The van der Waals surface area contributed by atoms with Gasteiger partial charge in [0, 0.05) is 24.2 Å². The SMILES string of the molecule is CC(C)(C)N(Cc1cccc([N+](=O)[O-])c1)C(=O)O. The van der Waals surface area contributed by atoms with E-state index in [2.05, 4.69) is 0 Å². The van der Waals surface area contributed by atoms with Gasteiger partial charge >= 0.3 is 6.09 Å². The molecular weight excluding hydrogens is 236 g/mol. The fourth-order valence-electron chi connectivity index (χ4n) is 1.54.